The number of rotatable bonds is 3. The number of sulfonamides is 1. The molecule has 2 N–H and O–H groups in total. The van der Waals surface area contributed by atoms with Crippen molar-refractivity contribution in [3.8, 4) is 0 Å². The van der Waals surface area contributed by atoms with Crippen molar-refractivity contribution in [2.45, 2.75) is 63.5 Å². The topological polar surface area (TPSA) is 109 Å². The second-order valence-corrected chi connectivity index (χ2v) is 10.1. The fourth-order valence-corrected chi connectivity index (χ4v) is 5.88. The minimum Gasteiger partial charge on any atom is -1.00 e. The van der Waals surface area contributed by atoms with Crippen molar-refractivity contribution in [3.05, 3.63) is 45.7 Å². The van der Waals surface area contributed by atoms with Crippen molar-refractivity contribution in [2.75, 3.05) is 11.9 Å². The Morgan fingerprint density at radius 2 is 1.66 bits per heavy atom. The van der Waals surface area contributed by atoms with E-state index in [2.05, 4.69) is 16.1 Å². The number of carbonyl (C=O) groups is 2. The molecule has 0 spiro atoms. The Morgan fingerprint density at radius 3 is 2.28 bits per heavy atom. The molecule has 2 aromatic rings. The van der Waals surface area contributed by atoms with Gasteiger partial charge in [0.05, 0.1) is 6.54 Å². The largest absolute Gasteiger partial charge is 1.00 e. The van der Waals surface area contributed by atoms with E-state index in [1.807, 2.05) is 0 Å². The molecule has 0 saturated heterocycles. The van der Waals surface area contributed by atoms with E-state index in [1.54, 1.807) is 4.90 Å². The smallest absolute Gasteiger partial charge is 1.00 e. The average molecular weight is 468 g/mol. The Labute approximate surface area is 210 Å². The maximum atomic E-state index is 12.8. The molecule has 166 valence electrons. The zero-order valence-electron chi connectivity index (χ0n) is 19.4. The predicted molar refractivity (Wildman–Crippen MR) is 114 cm³/mol. The number of nitrogens with zero attached hydrogens (tertiary/aromatic N) is 1. The molecule has 2 heterocycles. The van der Waals surface area contributed by atoms with Gasteiger partial charge in [-0.05, 0) is 72.8 Å². The van der Waals surface area contributed by atoms with Crippen molar-refractivity contribution in [2.24, 2.45) is 0 Å². The van der Waals surface area contributed by atoms with E-state index in [4.69, 9.17) is 4.42 Å². The minimum atomic E-state index is -4.17. The quantitative estimate of drug-likeness (QED) is 0.608. The Balaban J connectivity index is 0.00000153. The summed E-state index contributed by atoms with van der Waals surface area (Å²) in [4.78, 5) is 25.9. The maximum absolute atomic E-state index is 12.8. The Kier molecular flexibility index (Phi) is 6.46. The number of furan rings is 1. The molecule has 3 aliphatic rings. The van der Waals surface area contributed by atoms with Crippen molar-refractivity contribution in [3.63, 3.8) is 0 Å². The molecule has 8 nitrogen and oxygen atoms in total. The molecule has 0 radical (unpaired) electrons. The minimum absolute atomic E-state index is 0. The molecule has 0 fully saturated rings. The zero-order chi connectivity index (χ0) is 21.8. The van der Waals surface area contributed by atoms with Gasteiger partial charge in [-0.2, -0.15) is 8.42 Å². The summed E-state index contributed by atoms with van der Waals surface area (Å²) in [6.45, 7) is 2.21. The van der Waals surface area contributed by atoms with Gasteiger partial charge < -0.3 is 16.1 Å². The van der Waals surface area contributed by atoms with Crippen molar-refractivity contribution in [1.29, 1.82) is 0 Å². The van der Waals surface area contributed by atoms with Crippen LogP contribution in [-0.2, 0) is 53.5 Å². The third kappa shape index (κ3) is 4.23. The summed E-state index contributed by atoms with van der Waals surface area (Å²) in [6, 6.07) is 2.91. The van der Waals surface area contributed by atoms with Gasteiger partial charge in [-0.25, -0.2) is 9.52 Å². The molecule has 1 aromatic carbocycles. The summed E-state index contributed by atoms with van der Waals surface area (Å²) < 4.78 is 33.2. The molecule has 1 aromatic heterocycles. The normalized spacial score (nSPS) is 16.6. The van der Waals surface area contributed by atoms with Gasteiger partial charge in [-0.15, -0.1) is 0 Å². The second kappa shape index (κ2) is 8.85. The molecule has 1 aliphatic heterocycles. The number of anilines is 1. The van der Waals surface area contributed by atoms with Crippen LogP contribution in [0.5, 0.6) is 0 Å². The van der Waals surface area contributed by atoms with E-state index < -0.39 is 16.1 Å². The molecule has 0 saturated carbocycles. The number of aryl methyl sites for hydroxylation is 2. The number of fused-ring (bicyclic) bond motifs is 3. The third-order valence-electron chi connectivity index (χ3n) is 6.51. The number of nitrogens with one attached hydrogen (secondary N) is 2. The predicted octanol–water partition coefficient (Wildman–Crippen LogP) is -0.211. The second-order valence-electron chi connectivity index (χ2n) is 8.50. The molecule has 0 bridgehead atoms. The number of amides is 3. The zero-order valence-corrected chi connectivity index (χ0v) is 21.2. The van der Waals surface area contributed by atoms with Crippen LogP contribution in [-0.4, -0.2) is 31.8 Å². The number of carbonyl (C=O) groups excluding carboxylic acids is 2. The van der Waals surface area contributed by atoms with Crippen LogP contribution < -0.4 is 39.6 Å². The van der Waals surface area contributed by atoms with Crippen LogP contribution in [0.2, 0.25) is 0 Å². The fourth-order valence-electron chi connectivity index (χ4n) is 4.97. The molecule has 10 heteroatoms. The van der Waals surface area contributed by atoms with Gasteiger partial charge in [-0.1, -0.05) is 6.07 Å². The number of hydrogen-bond acceptors (Lipinski definition) is 5. The van der Waals surface area contributed by atoms with E-state index in [1.165, 1.54) is 24.1 Å². The first-order valence-corrected chi connectivity index (χ1v) is 12.2. The molecule has 32 heavy (non-hydrogen) atoms. The number of urea groups is 1. The van der Waals surface area contributed by atoms with E-state index in [9.17, 15) is 18.0 Å². The van der Waals surface area contributed by atoms with Crippen LogP contribution in [0.1, 0.15) is 54.8 Å². The monoisotopic (exact) mass is 467 g/mol. The van der Waals surface area contributed by atoms with Crippen LogP contribution in [0.4, 0.5) is 10.5 Å². The fraction of sp³-hybridized carbons (Fsp3) is 0.455. The Hall–Kier alpha value is -1.81. The van der Waals surface area contributed by atoms with E-state index in [0.717, 1.165) is 60.9 Å². The van der Waals surface area contributed by atoms with Crippen molar-refractivity contribution in [1.82, 2.24) is 9.62 Å². The van der Waals surface area contributed by atoms with Crippen LogP contribution in [0.15, 0.2) is 21.6 Å². The number of benzene rings is 1. The van der Waals surface area contributed by atoms with Gasteiger partial charge >= 0.3 is 35.6 Å². The summed E-state index contributed by atoms with van der Waals surface area (Å²) in [5.41, 5.74) is 6.31. The maximum Gasteiger partial charge on any atom is 1.00 e. The molecular formula is C22H26N3NaO5S. The molecule has 5 rings (SSSR count). The summed E-state index contributed by atoms with van der Waals surface area (Å²) in [5, 5.41) is 2.52. The standard InChI is InChI=1S/C22H25N3O5S.Na.H/c1-13(26)25-9-8-16-11-20(30-19(16)12-25)31(28,29)24-22(27)23-21-17-6-2-4-14(17)10-15-5-3-7-18(15)21;;/h10-11H,2-9,12H2,1H3,(H2,23,24,27);;/q;+1;-1. The molecule has 3 amide bonds. The van der Waals surface area contributed by atoms with Crippen LogP contribution in [0.25, 0.3) is 0 Å². The van der Waals surface area contributed by atoms with Gasteiger partial charge in [-0.3, -0.25) is 4.79 Å². The summed E-state index contributed by atoms with van der Waals surface area (Å²) >= 11 is 0. The summed E-state index contributed by atoms with van der Waals surface area (Å²) in [6.07, 6.45) is 6.37. The number of hydrogen-bond donors (Lipinski definition) is 2. The molecule has 2 aliphatic carbocycles. The summed E-state index contributed by atoms with van der Waals surface area (Å²) in [5.74, 6) is 0.354. The first-order chi connectivity index (χ1) is 14.8. The van der Waals surface area contributed by atoms with Gasteiger partial charge in [0.1, 0.15) is 5.76 Å². The molecule has 0 unspecified atom stereocenters. The van der Waals surface area contributed by atoms with Gasteiger partial charge in [0.2, 0.25) is 11.0 Å². The molecular weight excluding hydrogens is 441 g/mol. The van der Waals surface area contributed by atoms with E-state index in [0.29, 0.717) is 18.7 Å². The van der Waals surface area contributed by atoms with Gasteiger partial charge in [0, 0.05) is 25.2 Å². The molecule has 0 atom stereocenters. The third-order valence-corrected chi connectivity index (χ3v) is 7.69. The SMILES string of the molecule is CC(=O)N1CCc2cc(S(=O)(=O)NC(=O)Nc3c4c(cc5c3CCC5)CCC4)oc2C1.[H-].[Na+]. The van der Waals surface area contributed by atoms with Crippen molar-refractivity contribution < 1.29 is 53.4 Å². The van der Waals surface area contributed by atoms with Gasteiger partial charge in [0.25, 0.3) is 10.0 Å². The van der Waals surface area contributed by atoms with Gasteiger partial charge in [0.15, 0.2) is 0 Å². The Bertz CT molecular complexity index is 1180. The van der Waals surface area contributed by atoms with Crippen LogP contribution >= 0.6 is 0 Å². The Morgan fingerprint density at radius 1 is 1.00 bits per heavy atom. The first-order valence-electron chi connectivity index (χ1n) is 10.7. The first kappa shape index (κ1) is 23.4. The van der Waals surface area contributed by atoms with Crippen LogP contribution in [0.3, 0.4) is 0 Å². The van der Waals surface area contributed by atoms with E-state index >= 15 is 0 Å². The average Bonchev–Trinajstić information content (AvgIpc) is 3.45. The van der Waals surface area contributed by atoms with Crippen molar-refractivity contribution >= 4 is 27.6 Å². The van der Waals surface area contributed by atoms with Crippen LogP contribution in [0, 0.1) is 0 Å². The van der Waals surface area contributed by atoms with E-state index in [-0.39, 0.29) is 48.5 Å². The summed E-state index contributed by atoms with van der Waals surface area (Å²) in [7, 11) is -4.17.